The first-order valence-corrected chi connectivity index (χ1v) is 11.7. The molecular weight excluding hydrogens is 458 g/mol. The fourth-order valence-electron chi connectivity index (χ4n) is 5.08. The van der Waals surface area contributed by atoms with Crippen LogP contribution in [0.2, 0.25) is 0 Å². The van der Waals surface area contributed by atoms with Gasteiger partial charge in [0.15, 0.2) is 5.41 Å². The average Bonchev–Trinajstić information content (AvgIpc) is 2.94. The number of hydrogen-bond donors (Lipinski definition) is 0. The van der Waals surface area contributed by atoms with Crippen molar-refractivity contribution in [2.75, 3.05) is 19.3 Å². The van der Waals surface area contributed by atoms with Crippen molar-refractivity contribution in [3.05, 3.63) is 102 Å². The van der Waals surface area contributed by atoms with Gasteiger partial charge < -0.3 is 14.2 Å². The summed E-state index contributed by atoms with van der Waals surface area (Å²) in [6.07, 6.45) is -0.560. The van der Waals surface area contributed by atoms with E-state index in [1.165, 1.54) is 14.2 Å². The predicted molar refractivity (Wildman–Crippen MR) is 134 cm³/mol. The van der Waals surface area contributed by atoms with Gasteiger partial charge >= 0.3 is 11.9 Å². The lowest BCUT2D eigenvalue weighted by Crippen LogP contribution is -2.60. The number of carbonyl (C=O) groups excluding carboxylic acids is 2. The molecule has 2 heterocycles. The number of benzene rings is 3. The Morgan fingerprint density at radius 3 is 2.25 bits per heavy atom. The number of ether oxygens (including phenoxy) is 3. The van der Waals surface area contributed by atoms with Crippen molar-refractivity contribution in [3.63, 3.8) is 0 Å². The van der Waals surface area contributed by atoms with Crippen LogP contribution in [0.3, 0.4) is 0 Å². The minimum Gasteiger partial charge on any atom is -0.489 e. The summed E-state index contributed by atoms with van der Waals surface area (Å²) in [5.41, 5.74) is 2.37. The molecule has 1 fully saturated rings. The van der Waals surface area contributed by atoms with Gasteiger partial charge in [0.2, 0.25) is 0 Å². The Morgan fingerprint density at radius 2 is 1.58 bits per heavy atom. The SMILES string of the molecule is C=C1c2ccccc2N2OC1CC(C(=O)OC)(C(=O)OC)[C@H]2c1ccc(OCc2ccccc2)cc1. The molecule has 2 bridgehead atoms. The smallest absolute Gasteiger partial charge is 0.325 e. The van der Waals surface area contributed by atoms with E-state index in [1.807, 2.05) is 78.9 Å². The van der Waals surface area contributed by atoms with Gasteiger partial charge in [-0.05, 0) is 34.9 Å². The van der Waals surface area contributed by atoms with Gasteiger partial charge in [-0.1, -0.05) is 67.2 Å². The van der Waals surface area contributed by atoms with Gasteiger partial charge in [-0.25, -0.2) is 5.06 Å². The summed E-state index contributed by atoms with van der Waals surface area (Å²) in [4.78, 5) is 33.1. The third-order valence-electron chi connectivity index (χ3n) is 6.87. The first-order valence-electron chi connectivity index (χ1n) is 11.7. The summed E-state index contributed by atoms with van der Waals surface area (Å²) in [6, 6.07) is 24.0. The molecule has 3 aromatic rings. The minimum absolute atomic E-state index is 0.0347. The number of nitrogens with zero attached hydrogens (tertiary/aromatic N) is 1. The van der Waals surface area contributed by atoms with E-state index < -0.39 is 29.5 Å². The zero-order valence-corrected chi connectivity index (χ0v) is 20.2. The second-order valence-electron chi connectivity index (χ2n) is 8.87. The molecule has 0 aliphatic carbocycles. The van der Waals surface area contributed by atoms with Crippen molar-refractivity contribution in [1.29, 1.82) is 0 Å². The minimum atomic E-state index is -1.67. The molecule has 3 aromatic carbocycles. The van der Waals surface area contributed by atoms with E-state index in [0.717, 1.165) is 11.1 Å². The number of anilines is 1. The van der Waals surface area contributed by atoms with E-state index in [1.54, 1.807) is 5.06 Å². The van der Waals surface area contributed by atoms with Crippen molar-refractivity contribution in [2.45, 2.75) is 25.2 Å². The molecule has 0 N–H and O–H groups in total. The molecule has 0 spiro atoms. The van der Waals surface area contributed by atoms with Crippen molar-refractivity contribution in [2.24, 2.45) is 5.41 Å². The van der Waals surface area contributed by atoms with Crippen LogP contribution in [0.15, 0.2) is 85.4 Å². The van der Waals surface area contributed by atoms with Gasteiger partial charge in [0.1, 0.15) is 24.5 Å². The number of rotatable bonds is 6. The average molecular weight is 486 g/mol. The molecule has 7 heteroatoms. The Bertz CT molecular complexity index is 1270. The molecule has 0 radical (unpaired) electrons. The summed E-state index contributed by atoms with van der Waals surface area (Å²) in [5.74, 6) is -0.713. The van der Waals surface area contributed by atoms with Crippen LogP contribution in [0, 0.1) is 5.41 Å². The van der Waals surface area contributed by atoms with Crippen LogP contribution in [0.25, 0.3) is 5.57 Å². The van der Waals surface area contributed by atoms with Crippen molar-refractivity contribution < 1.29 is 28.6 Å². The lowest BCUT2D eigenvalue weighted by atomic mass is 9.69. The van der Waals surface area contributed by atoms with E-state index in [9.17, 15) is 9.59 Å². The Balaban J connectivity index is 1.57. The number of hydrogen-bond acceptors (Lipinski definition) is 7. The van der Waals surface area contributed by atoms with E-state index in [2.05, 4.69) is 6.58 Å². The van der Waals surface area contributed by atoms with Crippen LogP contribution in [-0.2, 0) is 30.5 Å². The largest absolute Gasteiger partial charge is 0.489 e. The summed E-state index contributed by atoms with van der Waals surface area (Å²) >= 11 is 0. The van der Waals surface area contributed by atoms with Crippen molar-refractivity contribution in [3.8, 4) is 5.75 Å². The highest BCUT2D eigenvalue weighted by Gasteiger charge is 2.63. The van der Waals surface area contributed by atoms with Crippen LogP contribution in [0.4, 0.5) is 5.69 Å². The van der Waals surface area contributed by atoms with Gasteiger partial charge in [0, 0.05) is 12.0 Å². The van der Waals surface area contributed by atoms with Crippen LogP contribution in [0.5, 0.6) is 5.75 Å². The molecule has 7 nitrogen and oxygen atoms in total. The molecule has 184 valence electrons. The van der Waals surface area contributed by atoms with Crippen LogP contribution in [-0.4, -0.2) is 32.3 Å². The molecule has 1 saturated heterocycles. The van der Waals surface area contributed by atoms with Gasteiger partial charge in [0.25, 0.3) is 0 Å². The number of fused-ring (bicyclic) bond motifs is 4. The zero-order chi connectivity index (χ0) is 25.3. The highest BCUT2D eigenvalue weighted by Crippen LogP contribution is 2.55. The monoisotopic (exact) mass is 485 g/mol. The molecule has 2 aliphatic rings. The first-order chi connectivity index (χ1) is 17.5. The fraction of sp³-hybridized carbons (Fsp3) is 0.241. The Hall–Kier alpha value is -4.10. The number of hydroxylamine groups is 1. The third kappa shape index (κ3) is 3.82. The summed E-state index contributed by atoms with van der Waals surface area (Å²) < 4.78 is 16.3. The lowest BCUT2D eigenvalue weighted by molar-refractivity contribution is -0.183. The quantitative estimate of drug-likeness (QED) is 0.364. The molecule has 2 atom stereocenters. The first kappa shape index (κ1) is 23.6. The number of para-hydroxylation sites is 1. The predicted octanol–water partition coefficient (Wildman–Crippen LogP) is 4.88. The molecule has 1 unspecified atom stereocenters. The second kappa shape index (κ2) is 9.51. The maximum atomic E-state index is 13.4. The summed E-state index contributed by atoms with van der Waals surface area (Å²) in [7, 11) is 2.54. The second-order valence-corrected chi connectivity index (χ2v) is 8.87. The maximum absolute atomic E-state index is 13.4. The Morgan fingerprint density at radius 1 is 0.944 bits per heavy atom. The molecule has 2 aliphatic heterocycles. The normalized spacial score (nSPS) is 19.7. The number of methoxy groups -OCH3 is 2. The zero-order valence-electron chi connectivity index (χ0n) is 20.2. The molecule has 5 rings (SSSR count). The highest BCUT2D eigenvalue weighted by molar-refractivity contribution is 6.03. The summed E-state index contributed by atoms with van der Waals surface area (Å²) in [5, 5.41) is 1.63. The molecule has 36 heavy (non-hydrogen) atoms. The van der Waals surface area contributed by atoms with Gasteiger partial charge in [-0.2, -0.15) is 0 Å². The van der Waals surface area contributed by atoms with Crippen molar-refractivity contribution in [1.82, 2.24) is 0 Å². The van der Waals surface area contributed by atoms with E-state index in [0.29, 0.717) is 29.2 Å². The molecule has 0 amide bonds. The lowest BCUT2D eigenvalue weighted by Gasteiger charge is -2.52. The van der Waals surface area contributed by atoms with Crippen LogP contribution in [0.1, 0.15) is 29.2 Å². The van der Waals surface area contributed by atoms with Crippen LogP contribution < -0.4 is 9.80 Å². The topological polar surface area (TPSA) is 74.3 Å². The molecular formula is C29H27NO6. The molecule has 0 aromatic heterocycles. The Kier molecular flexibility index (Phi) is 6.24. The Labute approximate surface area is 209 Å². The van der Waals surface area contributed by atoms with E-state index in [4.69, 9.17) is 19.0 Å². The maximum Gasteiger partial charge on any atom is 0.325 e. The third-order valence-corrected chi connectivity index (χ3v) is 6.87. The highest BCUT2D eigenvalue weighted by atomic mass is 16.7. The standard InChI is InChI=1S/C29H27NO6/c1-19-23-11-7-8-12-24(23)30-26(29(27(31)33-2,28(32)34-3)17-25(19)36-30)21-13-15-22(16-14-21)35-18-20-9-5-4-6-10-20/h4-16,25-26H,1,17-18H2,2-3H3/t25?,26-/m1/s1. The number of carbonyl (C=O) groups is 2. The number of esters is 2. The van der Waals surface area contributed by atoms with Crippen LogP contribution >= 0.6 is 0 Å². The fourth-order valence-corrected chi connectivity index (χ4v) is 5.08. The summed E-state index contributed by atoms with van der Waals surface area (Å²) in [6.45, 7) is 4.62. The van der Waals surface area contributed by atoms with Gasteiger partial charge in [-0.3, -0.25) is 14.4 Å². The van der Waals surface area contributed by atoms with Crippen molar-refractivity contribution >= 4 is 23.2 Å². The van der Waals surface area contributed by atoms with E-state index in [-0.39, 0.29) is 6.42 Å². The van der Waals surface area contributed by atoms with Gasteiger partial charge in [0.05, 0.1) is 19.9 Å². The van der Waals surface area contributed by atoms with Gasteiger partial charge in [-0.15, -0.1) is 0 Å². The molecule has 0 saturated carbocycles. The van der Waals surface area contributed by atoms with E-state index >= 15 is 0 Å².